The van der Waals surface area contributed by atoms with Gasteiger partial charge in [-0.2, -0.15) is 0 Å². The molecule has 228 valence electrons. The predicted octanol–water partition coefficient (Wildman–Crippen LogP) is 6.84. The van der Waals surface area contributed by atoms with Crippen molar-refractivity contribution >= 4 is 23.3 Å². The Labute approximate surface area is 256 Å². The number of hydrogen-bond donors (Lipinski definition) is 1. The van der Waals surface area contributed by atoms with Crippen LogP contribution >= 0.6 is 0 Å². The van der Waals surface area contributed by atoms with Gasteiger partial charge in [-0.15, -0.1) is 0 Å². The van der Waals surface area contributed by atoms with Crippen molar-refractivity contribution in [1.29, 1.82) is 0 Å². The smallest absolute Gasteiger partial charge is 0.303 e. The van der Waals surface area contributed by atoms with Crippen molar-refractivity contribution in [3.63, 3.8) is 0 Å². The summed E-state index contributed by atoms with van der Waals surface area (Å²) in [6.45, 7) is 10.5. The van der Waals surface area contributed by atoms with Crippen molar-refractivity contribution in [3.8, 4) is 5.75 Å². The molecule has 7 heteroatoms. The van der Waals surface area contributed by atoms with Crippen molar-refractivity contribution < 1.29 is 19.4 Å². The largest absolute Gasteiger partial charge is 0.494 e. The number of benzene rings is 3. The first-order chi connectivity index (χ1) is 20.7. The number of piperidine rings is 2. The molecular weight excluding hydrogens is 538 g/mol. The quantitative estimate of drug-likeness (QED) is 0.263. The fourth-order valence-corrected chi connectivity index (χ4v) is 6.76. The first-order valence-electron chi connectivity index (χ1n) is 15.6. The zero-order valence-electron chi connectivity index (χ0n) is 25.8. The Morgan fingerprint density at radius 1 is 0.860 bits per heavy atom. The van der Waals surface area contributed by atoms with E-state index in [1.54, 1.807) is 0 Å². The Hall–Kier alpha value is -3.84. The van der Waals surface area contributed by atoms with Crippen LogP contribution in [-0.2, 0) is 4.79 Å². The van der Waals surface area contributed by atoms with E-state index < -0.39 is 5.97 Å². The summed E-state index contributed by atoms with van der Waals surface area (Å²) in [5, 5.41) is 8.85. The number of carboxylic acids is 1. The third kappa shape index (κ3) is 7.21. The number of hydrogen-bond acceptors (Lipinski definition) is 5. The Kier molecular flexibility index (Phi) is 9.71. The van der Waals surface area contributed by atoms with Crippen LogP contribution in [0, 0.1) is 13.8 Å². The fraction of sp³-hybridized carbons (Fsp3) is 0.444. The molecule has 2 saturated heterocycles. The second-order valence-electron chi connectivity index (χ2n) is 12.3. The van der Waals surface area contributed by atoms with Crippen LogP contribution in [0.15, 0.2) is 72.8 Å². The topological polar surface area (TPSA) is 73.3 Å². The molecule has 3 aromatic rings. The molecule has 3 aromatic carbocycles. The van der Waals surface area contributed by atoms with Gasteiger partial charge in [0.1, 0.15) is 5.75 Å². The summed E-state index contributed by atoms with van der Waals surface area (Å²) in [6, 6.07) is 25.2. The molecule has 7 nitrogen and oxygen atoms in total. The van der Waals surface area contributed by atoms with E-state index in [1.807, 2.05) is 44.2 Å². The lowest BCUT2D eigenvalue weighted by Gasteiger charge is -2.50. The van der Waals surface area contributed by atoms with Gasteiger partial charge in [-0.1, -0.05) is 36.4 Å². The summed E-state index contributed by atoms with van der Waals surface area (Å²) in [4.78, 5) is 31.4. The highest BCUT2D eigenvalue weighted by atomic mass is 16.5. The monoisotopic (exact) mass is 583 g/mol. The average Bonchev–Trinajstić information content (AvgIpc) is 3.01. The van der Waals surface area contributed by atoms with Gasteiger partial charge in [0.15, 0.2) is 0 Å². The second kappa shape index (κ2) is 13.6. The standard InChI is InChI=1S/C36H45N3O4/c1-27-9-7-10-28(2)34(27)35(42)37-24-20-36(3,21-25-37)38-22-18-31(19-23-38)39(29-11-5-4-6-12-29)30-14-16-32(17-15-30)43-26-8-13-33(40)41/h4-7,9-12,14-17,31H,8,13,18-26H2,1-3H3,(H,40,41). The normalized spacial score (nSPS) is 17.4. The first kappa shape index (κ1) is 30.6. The number of carboxylic acid groups (broad SMARTS) is 1. The third-order valence-electron chi connectivity index (χ3n) is 9.37. The van der Waals surface area contributed by atoms with Crippen LogP contribution in [0.5, 0.6) is 5.75 Å². The summed E-state index contributed by atoms with van der Waals surface area (Å²) in [5.74, 6) is 0.130. The molecule has 0 unspecified atom stereocenters. The lowest BCUT2D eigenvalue weighted by molar-refractivity contribution is -0.137. The van der Waals surface area contributed by atoms with Gasteiger partial charge in [-0.05, 0) is 100 Å². The molecule has 1 amide bonds. The molecule has 5 rings (SSSR count). The van der Waals surface area contributed by atoms with Gasteiger partial charge in [-0.3, -0.25) is 14.5 Å². The minimum Gasteiger partial charge on any atom is -0.494 e. The predicted molar refractivity (Wildman–Crippen MR) is 171 cm³/mol. The molecule has 2 heterocycles. The van der Waals surface area contributed by atoms with Crippen LogP contribution in [0.2, 0.25) is 0 Å². The highest BCUT2D eigenvalue weighted by Crippen LogP contribution is 2.37. The van der Waals surface area contributed by atoms with Gasteiger partial charge in [-0.25, -0.2) is 0 Å². The van der Waals surface area contributed by atoms with Crippen LogP contribution < -0.4 is 9.64 Å². The van der Waals surface area contributed by atoms with Crippen LogP contribution in [0.1, 0.15) is 66.9 Å². The van der Waals surface area contributed by atoms with E-state index in [4.69, 9.17) is 9.84 Å². The summed E-state index contributed by atoms with van der Waals surface area (Å²) in [5.41, 5.74) is 5.39. The number of ether oxygens (including phenoxy) is 1. The van der Waals surface area contributed by atoms with Crippen molar-refractivity contribution in [3.05, 3.63) is 89.5 Å². The Bertz CT molecular complexity index is 1360. The third-order valence-corrected chi connectivity index (χ3v) is 9.37. The van der Waals surface area contributed by atoms with Gasteiger partial charge in [0, 0.05) is 61.1 Å². The molecule has 2 aliphatic rings. The zero-order chi connectivity index (χ0) is 30.4. The van der Waals surface area contributed by atoms with Crippen molar-refractivity contribution in [2.75, 3.05) is 37.7 Å². The van der Waals surface area contributed by atoms with E-state index in [9.17, 15) is 9.59 Å². The van der Waals surface area contributed by atoms with Crippen LogP contribution in [0.4, 0.5) is 11.4 Å². The van der Waals surface area contributed by atoms with E-state index >= 15 is 0 Å². The Balaban J connectivity index is 1.21. The van der Waals surface area contributed by atoms with E-state index in [0.717, 1.165) is 80.0 Å². The van der Waals surface area contributed by atoms with Crippen LogP contribution in [0.3, 0.4) is 0 Å². The molecule has 0 aliphatic carbocycles. The highest BCUT2D eigenvalue weighted by Gasteiger charge is 2.39. The Morgan fingerprint density at radius 2 is 1.47 bits per heavy atom. The number of carbonyl (C=O) groups excluding carboxylic acids is 1. The summed E-state index contributed by atoms with van der Waals surface area (Å²) < 4.78 is 5.78. The number of likely N-dealkylation sites (tertiary alicyclic amines) is 2. The van der Waals surface area contributed by atoms with E-state index in [-0.39, 0.29) is 17.9 Å². The minimum absolute atomic E-state index is 0.0970. The van der Waals surface area contributed by atoms with Crippen molar-refractivity contribution in [2.45, 2.75) is 70.9 Å². The van der Waals surface area contributed by atoms with E-state index in [0.29, 0.717) is 19.1 Å². The molecule has 2 aliphatic heterocycles. The minimum atomic E-state index is -0.800. The first-order valence-corrected chi connectivity index (χ1v) is 15.6. The number of para-hydroxylation sites is 1. The van der Waals surface area contributed by atoms with Gasteiger partial charge >= 0.3 is 5.97 Å². The maximum Gasteiger partial charge on any atom is 0.303 e. The molecule has 43 heavy (non-hydrogen) atoms. The maximum atomic E-state index is 13.4. The van der Waals surface area contributed by atoms with Gasteiger partial charge < -0.3 is 19.6 Å². The van der Waals surface area contributed by atoms with Gasteiger partial charge in [0.25, 0.3) is 5.91 Å². The zero-order valence-corrected chi connectivity index (χ0v) is 25.8. The molecule has 0 aromatic heterocycles. The molecule has 2 fully saturated rings. The van der Waals surface area contributed by atoms with Crippen LogP contribution in [-0.4, -0.2) is 71.1 Å². The molecule has 0 atom stereocenters. The van der Waals surface area contributed by atoms with E-state index in [2.05, 4.69) is 64.1 Å². The number of nitrogens with zero attached hydrogens (tertiary/aromatic N) is 3. The lowest BCUT2D eigenvalue weighted by atomic mass is 9.85. The number of rotatable bonds is 10. The fourth-order valence-electron chi connectivity index (χ4n) is 6.76. The molecule has 0 radical (unpaired) electrons. The highest BCUT2D eigenvalue weighted by molar-refractivity contribution is 5.97. The van der Waals surface area contributed by atoms with Crippen LogP contribution in [0.25, 0.3) is 0 Å². The number of aryl methyl sites for hydroxylation is 2. The van der Waals surface area contributed by atoms with E-state index in [1.165, 1.54) is 5.69 Å². The molecule has 0 bridgehead atoms. The summed E-state index contributed by atoms with van der Waals surface area (Å²) >= 11 is 0. The second-order valence-corrected chi connectivity index (χ2v) is 12.3. The summed E-state index contributed by atoms with van der Waals surface area (Å²) in [6.07, 6.45) is 4.70. The summed E-state index contributed by atoms with van der Waals surface area (Å²) in [7, 11) is 0. The molecule has 1 N–H and O–H groups in total. The average molecular weight is 584 g/mol. The maximum absolute atomic E-state index is 13.4. The number of aliphatic carboxylic acids is 1. The lowest BCUT2D eigenvalue weighted by Crippen LogP contribution is -2.57. The van der Waals surface area contributed by atoms with Crippen molar-refractivity contribution in [2.24, 2.45) is 0 Å². The molecular formula is C36H45N3O4. The molecule has 0 spiro atoms. The van der Waals surface area contributed by atoms with Gasteiger partial charge in [0.2, 0.25) is 0 Å². The Morgan fingerprint density at radius 3 is 2.07 bits per heavy atom. The number of anilines is 2. The van der Waals surface area contributed by atoms with Gasteiger partial charge in [0.05, 0.1) is 6.61 Å². The van der Waals surface area contributed by atoms with Crippen molar-refractivity contribution in [1.82, 2.24) is 9.80 Å². The SMILES string of the molecule is Cc1cccc(C)c1C(=O)N1CCC(C)(N2CCC(N(c3ccccc3)c3ccc(OCCCC(=O)O)cc3)CC2)CC1. The number of amides is 1. The number of carbonyl (C=O) groups is 2. The molecule has 0 saturated carbocycles.